The average molecular weight is 327 g/mol. The first-order valence-corrected chi connectivity index (χ1v) is 7.37. The van der Waals surface area contributed by atoms with E-state index in [0.29, 0.717) is 5.69 Å². The van der Waals surface area contributed by atoms with Gasteiger partial charge in [-0.05, 0) is 19.1 Å². The third kappa shape index (κ3) is 2.69. The van der Waals surface area contributed by atoms with E-state index >= 15 is 0 Å². The number of anilines is 1. The van der Waals surface area contributed by atoms with Crippen molar-refractivity contribution in [3.63, 3.8) is 0 Å². The van der Waals surface area contributed by atoms with E-state index in [4.69, 9.17) is 0 Å². The summed E-state index contributed by atoms with van der Waals surface area (Å²) in [6.07, 6.45) is 0. The summed E-state index contributed by atoms with van der Waals surface area (Å²) in [7, 11) is 1.78. The van der Waals surface area contributed by atoms with Gasteiger partial charge in [0.05, 0.1) is 11.4 Å². The van der Waals surface area contributed by atoms with E-state index in [2.05, 4.69) is 10.4 Å². The number of H-pyrrole nitrogens is 1. The minimum atomic E-state index is -0.386. The van der Waals surface area contributed by atoms with Crippen molar-refractivity contribution >= 4 is 5.69 Å². The fraction of sp³-hybridized carbons (Fsp3) is 0.188. The zero-order valence-electron chi connectivity index (χ0n) is 13.3. The van der Waals surface area contributed by atoms with Crippen molar-refractivity contribution in [2.75, 3.05) is 5.32 Å². The van der Waals surface area contributed by atoms with Crippen molar-refractivity contribution in [1.82, 2.24) is 19.1 Å². The number of aromatic amines is 1. The van der Waals surface area contributed by atoms with E-state index in [9.17, 15) is 14.4 Å². The van der Waals surface area contributed by atoms with Crippen molar-refractivity contribution in [2.45, 2.75) is 13.6 Å². The molecule has 0 aliphatic carbocycles. The Kier molecular flexibility index (Phi) is 3.95. The molecule has 0 fully saturated rings. The average Bonchev–Trinajstić information content (AvgIpc) is 2.79. The molecule has 1 aromatic carbocycles. The normalized spacial score (nSPS) is 10.8. The number of benzene rings is 1. The van der Waals surface area contributed by atoms with E-state index in [-0.39, 0.29) is 23.3 Å². The van der Waals surface area contributed by atoms with Crippen molar-refractivity contribution < 1.29 is 0 Å². The number of para-hydroxylation sites is 1. The van der Waals surface area contributed by atoms with Crippen LogP contribution in [0.4, 0.5) is 5.69 Å². The van der Waals surface area contributed by atoms with Crippen LogP contribution in [0.25, 0.3) is 5.69 Å². The number of nitrogens with one attached hydrogen (secondary N) is 2. The highest BCUT2D eigenvalue weighted by Crippen LogP contribution is 2.13. The predicted octanol–water partition coefficient (Wildman–Crippen LogP) is 0.404. The lowest BCUT2D eigenvalue weighted by Gasteiger charge is -2.07. The summed E-state index contributed by atoms with van der Waals surface area (Å²) in [4.78, 5) is 35.7. The molecule has 2 heterocycles. The van der Waals surface area contributed by atoms with E-state index in [1.54, 1.807) is 18.7 Å². The Morgan fingerprint density at radius 3 is 2.46 bits per heavy atom. The molecule has 0 radical (unpaired) electrons. The Morgan fingerprint density at radius 2 is 1.75 bits per heavy atom. The van der Waals surface area contributed by atoms with Gasteiger partial charge < -0.3 is 5.32 Å². The summed E-state index contributed by atoms with van der Waals surface area (Å²) < 4.78 is 4.38. The number of hydrogen-bond donors (Lipinski definition) is 2. The zero-order valence-corrected chi connectivity index (χ0v) is 13.3. The van der Waals surface area contributed by atoms with Gasteiger partial charge >= 0.3 is 0 Å². The maximum atomic E-state index is 12.7. The molecule has 0 aliphatic rings. The summed E-state index contributed by atoms with van der Waals surface area (Å²) in [6, 6.07) is 11.6. The van der Waals surface area contributed by atoms with Crippen LogP contribution >= 0.6 is 0 Å². The number of hydrogen-bond acceptors (Lipinski definition) is 4. The molecule has 124 valence electrons. The minimum Gasteiger partial charge on any atom is -0.360 e. The van der Waals surface area contributed by atoms with Crippen LogP contribution in [-0.2, 0) is 13.7 Å². The van der Waals surface area contributed by atoms with Crippen molar-refractivity contribution in [1.29, 1.82) is 0 Å². The second-order valence-electron chi connectivity index (χ2n) is 5.35. The highest BCUT2D eigenvalue weighted by molar-refractivity contribution is 5.48. The lowest BCUT2D eigenvalue weighted by atomic mass is 10.3. The molecule has 0 unspecified atom stereocenters. The molecule has 24 heavy (non-hydrogen) atoms. The van der Waals surface area contributed by atoms with Gasteiger partial charge in [0, 0.05) is 19.2 Å². The van der Waals surface area contributed by atoms with E-state index in [0.717, 1.165) is 22.1 Å². The van der Waals surface area contributed by atoms with Crippen LogP contribution in [0.1, 0.15) is 5.69 Å². The summed E-state index contributed by atoms with van der Waals surface area (Å²) in [5, 5.41) is 5.34. The van der Waals surface area contributed by atoms with Crippen molar-refractivity contribution in [2.24, 2.45) is 7.05 Å². The quantitative estimate of drug-likeness (QED) is 0.725. The fourth-order valence-electron chi connectivity index (χ4n) is 2.51. The SMILES string of the molecule is Cc1c(NCn2[nH]c(=O)ccc2=O)c(=O)n(-c2ccccc2)n1C. The van der Waals surface area contributed by atoms with Gasteiger partial charge in [0.15, 0.2) is 0 Å². The molecule has 8 heteroatoms. The molecule has 0 amide bonds. The van der Waals surface area contributed by atoms with Gasteiger partial charge in [-0.1, -0.05) is 18.2 Å². The monoisotopic (exact) mass is 327 g/mol. The molecule has 3 rings (SSSR count). The van der Waals surface area contributed by atoms with Crippen molar-refractivity contribution in [3.05, 3.63) is 79.2 Å². The van der Waals surface area contributed by atoms with Crippen molar-refractivity contribution in [3.8, 4) is 5.69 Å². The Labute approximate surface area is 136 Å². The standard InChI is InChI=1S/C16H17N5O3/c1-11-15(17-10-20-14(23)9-8-13(22)18-20)16(24)21(19(11)2)12-6-4-3-5-7-12/h3-9,17H,10H2,1-2H3,(H,18,22). The molecule has 0 saturated carbocycles. The highest BCUT2D eigenvalue weighted by Gasteiger charge is 2.15. The number of aromatic nitrogens is 4. The van der Waals surface area contributed by atoms with E-state index in [1.807, 2.05) is 30.3 Å². The third-order valence-electron chi connectivity index (χ3n) is 3.86. The fourth-order valence-corrected chi connectivity index (χ4v) is 2.51. The zero-order chi connectivity index (χ0) is 17.3. The van der Waals surface area contributed by atoms with E-state index in [1.165, 1.54) is 10.7 Å². The molecule has 0 spiro atoms. The van der Waals surface area contributed by atoms with Gasteiger partial charge in [0.2, 0.25) is 0 Å². The third-order valence-corrected chi connectivity index (χ3v) is 3.86. The van der Waals surface area contributed by atoms with Crippen LogP contribution in [0.15, 0.2) is 56.8 Å². The summed E-state index contributed by atoms with van der Waals surface area (Å²) in [5.41, 5.74) is 0.856. The molecule has 0 bridgehead atoms. The molecule has 2 aromatic heterocycles. The van der Waals surface area contributed by atoms with Crippen LogP contribution in [0, 0.1) is 6.92 Å². The van der Waals surface area contributed by atoms with Gasteiger partial charge in [-0.2, -0.15) is 0 Å². The molecular weight excluding hydrogens is 310 g/mol. The van der Waals surface area contributed by atoms with Gasteiger partial charge in [-0.3, -0.25) is 24.2 Å². The number of nitrogens with zero attached hydrogens (tertiary/aromatic N) is 3. The Balaban J connectivity index is 1.98. The van der Waals surface area contributed by atoms with Gasteiger partial charge in [-0.15, -0.1) is 0 Å². The summed E-state index contributed by atoms with van der Waals surface area (Å²) >= 11 is 0. The van der Waals surface area contributed by atoms with Crippen LogP contribution in [-0.4, -0.2) is 19.1 Å². The molecule has 0 saturated heterocycles. The lowest BCUT2D eigenvalue weighted by Crippen LogP contribution is -2.31. The topological polar surface area (TPSA) is 93.8 Å². The Hall–Kier alpha value is -3.29. The summed E-state index contributed by atoms with van der Waals surface area (Å²) in [6.45, 7) is 1.80. The molecule has 8 nitrogen and oxygen atoms in total. The van der Waals surface area contributed by atoms with Crippen LogP contribution in [0.5, 0.6) is 0 Å². The summed E-state index contributed by atoms with van der Waals surface area (Å²) in [5.74, 6) is 0. The second kappa shape index (κ2) is 6.07. The first-order valence-electron chi connectivity index (χ1n) is 7.37. The lowest BCUT2D eigenvalue weighted by molar-refractivity contribution is 0.613. The van der Waals surface area contributed by atoms with Gasteiger partial charge in [-0.25, -0.2) is 9.36 Å². The Bertz CT molecular complexity index is 1040. The van der Waals surface area contributed by atoms with Crippen LogP contribution in [0.2, 0.25) is 0 Å². The van der Waals surface area contributed by atoms with E-state index < -0.39 is 0 Å². The highest BCUT2D eigenvalue weighted by atomic mass is 16.2. The van der Waals surface area contributed by atoms with Gasteiger partial charge in [0.1, 0.15) is 12.4 Å². The predicted molar refractivity (Wildman–Crippen MR) is 90.7 cm³/mol. The van der Waals surface area contributed by atoms with Gasteiger partial charge in [0.25, 0.3) is 16.7 Å². The first kappa shape index (κ1) is 15.6. The smallest absolute Gasteiger partial charge is 0.295 e. The first-order chi connectivity index (χ1) is 11.5. The Morgan fingerprint density at radius 1 is 1.04 bits per heavy atom. The molecular formula is C16H17N5O3. The second-order valence-corrected chi connectivity index (χ2v) is 5.35. The molecule has 0 aliphatic heterocycles. The molecule has 0 atom stereocenters. The van der Waals surface area contributed by atoms with Crippen LogP contribution in [0.3, 0.4) is 0 Å². The molecule has 3 aromatic rings. The molecule has 2 N–H and O–H groups in total. The number of rotatable bonds is 4. The maximum absolute atomic E-state index is 12.7. The maximum Gasteiger partial charge on any atom is 0.295 e. The minimum absolute atomic E-state index is 0.0101. The largest absolute Gasteiger partial charge is 0.360 e. The van der Waals surface area contributed by atoms with Crippen LogP contribution < -0.4 is 22.0 Å².